The lowest BCUT2D eigenvalue weighted by Gasteiger charge is -2.23. The summed E-state index contributed by atoms with van der Waals surface area (Å²) >= 11 is 0. The van der Waals surface area contributed by atoms with Gasteiger partial charge in [-0.05, 0) is 35.4 Å². The molecular weight excluding hydrogens is 321 g/mol. The van der Waals surface area contributed by atoms with Crippen molar-refractivity contribution in [3.8, 4) is 5.75 Å². The molecule has 1 saturated heterocycles. The van der Waals surface area contributed by atoms with Crippen LogP contribution in [0.5, 0.6) is 5.75 Å². The molecule has 1 aromatic heterocycles. The number of rotatable bonds is 6. The first-order valence-corrected chi connectivity index (χ1v) is 8.40. The molecule has 6 heteroatoms. The minimum atomic E-state index is -0.971. The number of nitrogens with zero attached hydrogens (tertiary/aromatic N) is 2. The van der Waals surface area contributed by atoms with Gasteiger partial charge in [-0.15, -0.1) is 0 Å². The molecule has 1 fully saturated rings. The van der Waals surface area contributed by atoms with E-state index in [0.717, 1.165) is 16.9 Å². The number of benzene rings is 1. The molecule has 25 heavy (non-hydrogen) atoms. The summed E-state index contributed by atoms with van der Waals surface area (Å²) in [6.07, 6.45) is 3.06. The van der Waals surface area contributed by atoms with E-state index in [-0.39, 0.29) is 24.9 Å². The molecule has 1 aromatic carbocycles. The van der Waals surface area contributed by atoms with Crippen molar-refractivity contribution in [2.75, 3.05) is 13.1 Å². The molecule has 0 aliphatic carbocycles. The van der Waals surface area contributed by atoms with E-state index in [1.165, 1.54) is 0 Å². The fourth-order valence-electron chi connectivity index (χ4n) is 3.01. The summed E-state index contributed by atoms with van der Waals surface area (Å²) < 4.78 is 19.2. The molecule has 0 bridgehead atoms. The Bertz CT molecular complexity index is 694. The molecule has 2 N–H and O–H groups in total. The first-order chi connectivity index (χ1) is 12.2. The molecule has 2 aromatic rings. The lowest BCUT2D eigenvalue weighted by molar-refractivity contribution is -0.131. The van der Waals surface area contributed by atoms with Crippen LogP contribution >= 0.6 is 0 Å². The number of ether oxygens (including phenoxy) is 1. The summed E-state index contributed by atoms with van der Waals surface area (Å²) in [5.74, 6) is 0.652. The Morgan fingerprint density at radius 2 is 1.92 bits per heavy atom. The van der Waals surface area contributed by atoms with Crippen LogP contribution < -0.4 is 10.5 Å². The van der Waals surface area contributed by atoms with Gasteiger partial charge >= 0.3 is 0 Å². The first kappa shape index (κ1) is 17.4. The second-order valence-electron chi connectivity index (χ2n) is 6.23. The first-order valence-electron chi connectivity index (χ1n) is 8.40. The molecule has 5 nitrogen and oxygen atoms in total. The second-order valence-corrected chi connectivity index (χ2v) is 6.23. The molecule has 0 saturated carbocycles. The van der Waals surface area contributed by atoms with Gasteiger partial charge < -0.3 is 15.4 Å². The maximum absolute atomic E-state index is 13.5. The summed E-state index contributed by atoms with van der Waals surface area (Å²) in [6.45, 7) is 0.909. The van der Waals surface area contributed by atoms with E-state index in [1.807, 2.05) is 36.4 Å². The Morgan fingerprint density at radius 3 is 2.60 bits per heavy atom. The topological polar surface area (TPSA) is 68.5 Å². The van der Waals surface area contributed by atoms with Gasteiger partial charge in [0.2, 0.25) is 5.91 Å². The predicted octanol–water partition coefficient (Wildman–Crippen LogP) is 2.10. The normalized spacial score (nSPS) is 19.8. The third-order valence-electron chi connectivity index (χ3n) is 4.39. The number of halogens is 1. The van der Waals surface area contributed by atoms with Crippen molar-refractivity contribution in [1.29, 1.82) is 0 Å². The number of aromatic nitrogens is 1. The second kappa shape index (κ2) is 8.07. The summed E-state index contributed by atoms with van der Waals surface area (Å²) in [4.78, 5) is 17.9. The lowest BCUT2D eigenvalue weighted by Crippen LogP contribution is -2.40. The zero-order valence-electron chi connectivity index (χ0n) is 14.0. The molecule has 2 heterocycles. The Hall–Kier alpha value is -2.47. The molecular formula is C19H22FN3O2. The third-order valence-corrected chi connectivity index (χ3v) is 4.39. The highest BCUT2D eigenvalue weighted by Crippen LogP contribution is 2.21. The largest absolute Gasteiger partial charge is 0.489 e. The van der Waals surface area contributed by atoms with Crippen LogP contribution in [0.25, 0.3) is 0 Å². The van der Waals surface area contributed by atoms with E-state index in [1.54, 1.807) is 17.3 Å². The van der Waals surface area contributed by atoms with Crippen molar-refractivity contribution in [2.45, 2.75) is 31.7 Å². The average molecular weight is 343 g/mol. The summed E-state index contributed by atoms with van der Waals surface area (Å²) in [7, 11) is 0. The zero-order chi connectivity index (χ0) is 17.6. The van der Waals surface area contributed by atoms with Crippen molar-refractivity contribution in [1.82, 2.24) is 9.88 Å². The van der Waals surface area contributed by atoms with Gasteiger partial charge in [0.1, 0.15) is 18.5 Å². The number of carbonyl (C=O) groups excluding carboxylic acids is 1. The van der Waals surface area contributed by atoms with E-state index >= 15 is 0 Å². The number of hydrogen-bond donors (Lipinski definition) is 1. The number of likely N-dealkylation sites (tertiary alicyclic amines) is 1. The molecule has 3 rings (SSSR count). The molecule has 0 spiro atoms. The standard InChI is InChI=1S/C19H22FN3O2/c20-16-10-17(11-21)23(12-16)19(24)9-14-1-3-18(4-2-14)25-13-15-5-7-22-8-6-15/h1-8,16-17H,9-13,21H2/t16-,17-/m0/s1. The predicted molar refractivity (Wildman–Crippen MR) is 92.8 cm³/mol. The van der Waals surface area contributed by atoms with Gasteiger partial charge in [0.25, 0.3) is 0 Å². The van der Waals surface area contributed by atoms with Crippen LogP contribution in [0.4, 0.5) is 4.39 Å². The number of nitrogens with two attached hydrogens (primary N) is 1. The van der Waals surface area contributed by atoms with Crippen LogP contribution in [0, 0.1) is 0 Å². The van der Waals surface area contributed by atoms with Crippen LogP contribution in [0.1, 0.15) is 17.5 Å². The molecule has 132 valence electrons. The third kappa shape index (κ3) is 4.54. The van der Waals surface area contributed by atoms with Crippen molar-refractivity contribution >= 4 is 5.91 Å². The monoisotopic (exact) mass is 343 g/mol. The van der Waals surface area contributed by atoms with Crippen molar-refractivity contribution in [3.05, 3.63) is 59.9 Å². The smallest absolute Gasteiger partial charge is 0.227 e. The summed E-state index contributed by atoms with van der Waals surface area (Å²) in [5, 5.41) is 0. The minimum absolute atomic E-state index is 0.0824. The highest BCUT2D eigenvalue weighted by molar-refractivity contribution is 5.79. The van der Waals surface area contributed by atoms with Gasteiger partial charge in [0, 0.05) is 31.4 Å². The Morgan fingerprint density at radius 1 is 1.20 bits per heavy atom. The summed E-state index contributed by atoms with van der Waals surface area (Å²) in [6, 6.07) is 11.0. The fraction of sp³-hybridized carbons (Fsp3) is 0.368. The highest BCUT2D eigenvalue weighted by atomic mass is 19.1. The summed E-state index contributed by atoms with van der Waals surface area (Å²) in [5.41, 5.74) is 7.55. The number of carbonyl (C=O) groups is 1. The quantitative estimate of drug-likeness (QED) is 0.872. The molecule has 2 atom stereocenters. The Kier molecular flexibility index (Phi) is 5.60. The number of amides is 1. The molecule has 1 aliphatic heterocycles. The maximum atomic E-state index is 13.5. The zero-order valence-corrected chi connectivity index (χ0v) is 14.0. The average Bonchev–Trinajstić information content (AvgIpc) is 3.03. The van der Waals surface area contributed by atoms with E-state index in [0.29, 0.717) is 19.6 Å². The van der Waals surface area contributed by atoms with Crippen molar-refractivity contribution in [2.24, 2.45) is 5.73 Å². The minimum Gasteiger partial charge on any atom is -0.489 e. The number of alkyl halides is 1. The van der Waals surface area contributed by atoms with Crippen LogP contribution in [0.3, 0.4) is 0 Å². The van der Waals surface area contributed by atoms with Crippen LogP contribution in [0.2, 0.25) is 0 Å². The van der Waals surface area contributed by atoms with Gasteiger partial charge in [0.15, 0.2) is 0 Å². The fourth-order valence-corrected chi connectivity index (χ4v) is 3.01. The van der Waals surface area contributed by atoms with E-state index in [4.69, 9.17) is 10.5 Å². The Balaban J connectivity index is 1.54. The van der Waals surface area contributed by atoms with E-state index in [2.05, 4.69) is 4.98 Å². The lowest BCUT2D eigenvalue weighted by atomic mass is 10.1. The van der Waals surface area contributed by atoms with Crippen LogP contribution in [-0.4, -0.2) is 41.1 Å². The van der Waals surface area contributed by atoms with Gasteiger partial charge in [-0.1, -0.05) is 12.1 Å². The van der Waals surface area contributed by atoms with Gasteiger partial charge in [-0.3, -0.25) is 9.78 Å². The van der Waals surface area contributed by atoms with Gasteiger partial charge in [-0.2, -0.15) is 0 Å². The van der Waals surface area contributed by atoms with Gasteiger partial charge in [0.05, 0.1) is 13.0 Å². The van der Waals surface area contributed by atoms with Crippen molar-refractivity contribution < 1.29 is 13.9 Å². The molecule has 1 amide bonds. The van der Waals surface area contributed by atoms with E-state index < -0.39 is 6.17 Å². The number of hydrogen-bond acceptors (Lipinski definition) is 4. The van der Waals surface area contributed by atoms with Crippen molar-refractivity contribution in [3.63, 3.8) is 0 Å². The molecule has 0 radical (unpaired) electrons. The maximum Gasteiger partial charge on any atom is 0.227 e. The number of pyridine rings is 1. The molecule has 0 unspecified atom stereocenters. The van der Waals surface area contributed by atoms with Crippen LogP contribution in [0.15, 0.2) is 48.8 Å². The van der Waals surface area contributed by atoms with Gasteiger partial charge in [-0.25, -0.2) is 4.39 Å². The van der Waals surface area contributed by atoms with Crippen LogP contribution in [-0.2, 0) is 17.8 Å². The molecule has 1 aliphatic rings. The van der Waals surface area contributed by atoms with E-state index in [9.17, 15) is 9.18 Å². The SMILES string of the molecule is NC[C@@H]1C[C@H](F)CN1C(=O)Cc1ccc(OCc2ccncc2)cc1. The highest BCUT2D eigenvalue weighted by Gasteiger charge is 2.34. The Labute approximate surface area is 146 Å².